The first-order chi connectivity index (χ1) is 24.6. The Morgan fingerprint density at radius 2 is 1.57 bits per heavy atom. The summed E-state index contributed by atoms with van der Waals surface area (Å²) in [4.78, 5) is 39.0. The third-order valence-electron chi connectivity index (χ3n) is 17.4. The maximum atomic E-state index is 14.1. The van der Waals surface area contributed by atoms with Crippen LogP contribution in [0.3, 0.4) is 0 Å². The van der Waals surface area contributed by atoms with Crippen molar-refractivity contribution >= 4 is 17.7 Å². The van der Waals surface area contributed by atoms with Crippen LogP contribution >= 0.6 is 0 Å². The number of carbonyl (C=O) groups excluding carboxylic acids is 2. The fourth-order valence-corrected chi connectivity index (χ4v) is 13.4. The molecule has 7 nitrogen and oxygen atoms in total. The number of hydrogen-bond acceptors (Lipinski definition) is 6. The topological polar surface area (TPSA) is 113 Å². The summed E-state index contributed by atoms with van der Waals surface area (Å²) in [6, 6.07) is 10.4. The number of aliphatic hydroxyl groups is 1. The lowest BCUT2D eigenvalue weighted by atomic mass is 9.29. The van der Waals surface area contributed by atoms with Crippen molar-refractivity contribution in [2.24, 2.45) is 55.7 Å². The van der Waals surface area contributed by atoms with Gasteiger partial charge < -0.3 is 20.3 Å². The molecule has 3 N–H and O–H groups in total. The van der Waals surface area contributed by atoms with E-state index in [1.54, 1.807) is 13.8 Å². The Labute approximate surface area is 319 Å². The van der Waals surface area contributed by atoms with E-state index in [4.69, 9.17) is 4.74 Å². The number of hydrogen-bond donors (Lipinski definition) is 3. The Hall–Kier alpha value is -2.51. The SMILES string of the molecule is CC(C)C1=C2C3CCC4C(C)(CCC5(C)C(C)(C)C(OC(=O)CC(C)(C)C(=O)O)CCC45C)C3(C)CCC2(C(O)CNCCc2ccccc2)CC1=O. The number of carbonyl (C=O) groups is 3. The molecule has 1 aromatic carbocycles. The number of rotatable bonds is 11. The van der Waals surface area contributed by atoms with Crippen LogP contribution in [0.25, 0.3) is 0 Å². The molecule has 9 atom stereocenters. The molecule has 5 aliphatic rings. The maximum Gasteiger partial charge on any atom is 0.309 e. The molecule has 4 saturated carbocycles. The average molecular weight is 732 g/mol. The second kappa shape index (κ2) is 13.6. The standard InChI is InChI=1S/C46H69NO6/c1-29(2)37-32(48)26-46(34(49)28-47-25-19-30-14-12-11-13-15-30)24-22-42(7)31(38(37)46)16-17-33-43(42,8)21-23-45(10)41(5,6)35(18-20-44(33,45)9)53-36(50)27-40(3,4)39(51)52/h11-15,29,31,33-35,47,49H,16-28H2,1-10H3,(H,51,52). The lowest BCUT2D eigenvalue weighted by Crippen LogP contribution is -2.69. The van der Waals surface area contributed by atoms with Crippen molar-refractivity contribution < 1.29 is 29.3 Å². The molecule has 0 amide bonds. The minimum absolute atomic E-state index is 0.0121. The van der Waals surface area contributed by atoms with Gasteiger partial charge in [0.05, 0.1) is 17.9 Å². The number of nitrogens with one attached hydrogen (secondary N) is 1. The zero-order chi connectivity index (χ0) is 39.0. The van der Waals surface area contributed by atoms with Crippen LogP contribution < -0.4 is 5.32 Å². The van der Waals surface area contributed by atoms with Crippen LogP contribution in [0.5, 0.6) is 0 Å². The van der Waals surface area contributed by atoms with Crippen molar-refractivity contribution in [2.75, 3.05) is 13.1 Å². The number of aliphatic carboxylic acids is 1. The van der Waals surface area contributed by atoms with Gasteiger partial charge in [-0.3, -0.25) is 14.4 Å². The van der Waals surface area contributed by atoms with Gasteiger partial charge in [-0.05, 0) is 129 Å². The Bertz CT molecular complexity index is 1630. The number of fused-ring (bicyclic) bond motifs is 7. The number of ether oxygens (including phenoxy) is 1. The molecule has 0 saturated heterocycles. The summed E-state index contributed by atoms with van der Waals surface area (Å²) in [5.74, 6) is -0.311. The van der Waals surface area contributed by atoms with E-state index in [9.17, 15) is 24.6 Å². The molecule has 4 fully saturated rings. The van der Waals surface area contributed by atoms with E-state index in [1.807, 2.05) is 6.07 Å². The van der Waals surface area contributed by atoms with Gasteiger partial charge in [0.1, 0.15) is 6.10 Å². The first-order valence-electron chi connectivity index (χ1n) is 20.7. The quantitative estimate of drug-likeness (QED) is 0.154. The molecule has 0 radical (unpaired) electrons. The fourth-order valence-electron chi connectivity index (χ4n) is 13.4. The monoisotopic (exact) mass is 732 g/mol. The molecule has 1 aromatic rings. The van der Waals surface area contributed by atoms with E-state index < -0.39 is 28.9 Å². The zero-order valence-electron chi connectivity index (χ0n) is 34.5. The summed E-state index contributed by atoms with van der Waals surface area (Å²) in [7, 11) is 0. The zero-order valence-corrected chi connectivity index (χ0v) is 34.5. The lowest BCUT2D eigenvalue weighted by molar-refractivity contribution is -0.272. The van der Waals surface area contributed by atoms with Gasteiger partial charge in [-0.25, -0.2) is 0 Å². The Morgan fingerprint density at radius 1 is 0.906 bits per heavy atom. The van der Waals surface area contributed by atoms with Gasteiger partial charge >= 0.3 is 11.9 Å². The van der Waals surface area contributed by atoms with Crippen LogP contribution in [-0.2, 0) is 25.5 Å². The van der Waals surface area contributed by atoms with Crippen LogP contribution in [0.15, 0.2) is 41.5 Å². The average Bonchev–Trinajstić information content (AvgIpc) is 3.40. The highest BCUT2D eigenvalue weighted by atomic mass is 16.5. The molecule has 9 unspecified atom stereocenters. The van der Waals surface area contributed by atoms with E-state index in [-0.39, 0.29) is 57.2 Å². The molecule has 0 bridgehead atoms. The van der Waals surface area contributed by atoms with Crippen molar-refractivity contribution in [2.45, 2.75) is 152 Å². The Morgan fingerprint density at radius 3 is 2.21 bits per heavy atom. The van der Waals surface area contributed by atoms with Crippen molar-refractivity contribution in [3.05, 3.63) is 47.0 Å². The molecular formula is C46H69NO6. The van der Waals surface area contributed by atoms with E-state index in [0.29, 0.717) is 18.9 Å². The number of benzene rings is 1. The van der Waals surface area contributed by atoms with Gasteiger partial charge in [0.2, 0.25) is 0 Å². The summed E-state index contributed by atoms with van der Waals surface area (Å²) < 4.78 is 6.23. The highest BCUT2D eigenvalue weighted by Crippen LogP contribution is 2.79. The fraction of sp³-hybridized carbons (Fsp3) is 0.761. The van der Waals surface area contributed by atoms with Gasteiger partial charge in [-0.2, -0.15) is 0 Å². The van der Waals surface area contributed by atoms with Crippen molar-refractivity contribution in [1.29, 1.82) is 0 Å². The van der Waals surface area contributed by atoms with Crippen molar-refractivity contribution in [1.82, 2.24) is 5.32 Å². The first kappa shape index (κ1) is 40.2. The third-order valence-corrected chi connectivity index (χ3v) is 17.4. The second-order valence-corrected chi connectivity index (χ2v) is 20.6. The van der Waals surface area contributed by atoms with E-state index in [2.05, 4.69) is 85.0 Å². The molecule has 0 aromatic heterocycles. The second-order valence-electron chi connectivity index (χ2n) is 20.6. The van der Waals surface area contributed by atoms with Gasteiger partial charge in [-0.15, -0.1) is 0 Å². The Kier molecular flexibility index (Phi) is 10.3. The van der Waals surface area contributed by atoms with E-state index in [0.717, 1.165) is 69.9 Å². The molecule has 5 aliphatic carbocycles. The van der Waals surface area contributed by atoms with Crippen LogP contribution in [0.4, 0.5) is 0 Å². The third kappa shape index (κ3) is 5.99. The van der Waals surface area contributed by atoms with Crippen molar-refractivity contribution in [3.8, 4) is 0 Å². The Balaban J connectivity index is 1.27. The molecule has 0 spiro atoms. The van der Waals surface area contributed by atoms with E-state index in [1.165, 1.54) is 11.1 Å². The number of Topliss-reactive ketones (excluding diaryl/α,β-unsaturated/α-hetero) is 1. The summed E-state index contributed by atoms with van der Waals surface area (Å²) in [5.41, 5.74) is 1.57. The minimum atomic E-state index is -1.17. The minimum Gasteiger partial charge on any atom is -0.481 e. The number of esters is 1. The first-order valence-corrected chi connectivity index (χ1v) is 20.7. The summed E-state index contributed by atoms with van der Waals surface area (Å²) in [6.07, 6.45) is 8.09. The predicted octanol–water partition coefficient (Wildman–Crippen LogP) is 8.96. The number of allylic oxidation sites excluding steroid dienone is 1. The van der Waals surface area contributed by atoms with Crippen LogP contribution in [0.1, 0.15) is 139 Å². The molecule has 7 heteroatoms. The van der Waals surface area contributed by atoms with Crippen molar-refractivity contribution in [3.63, 3.8) is 0 Å². The van der Waals surface area contributed by atoms with Gasteiger partial charge in [0.25, 0.3) is 0 Å². The highest BCUT2D eigenvalue weighted by molar-refractivity contribution is 6.00. The lowest BCUT2D eigenvalue weighted by Gasteiger charge is -2.75. The largest absolute Gasteiger partial charge is 0.481 e. The number of carboxylic acids is 1. The maximum absolute atomic E-state index is 14.1. The normalized spacial score (nSPS) is 38.4. The number of ketones is 1. The summed E-state index contributed by atoms with van der Waals surface area (Å²) in [6.45, 7) is 23.5. The molecule has 6 rings (SSSR count). The smallest absolute Gasteiger partial charge is 0.309 e. The van der Waals surface area contributed by atoms with Gasteiger partial charge in [0.15, 0.2) is 5.78 Å². The molecule has 0 heterocycles. The molecule has 53 heavy (non-hydrogen) atoms. The molecule has 294 valence electrons. The highest BCUT2D eigenvalue weighted by Gasteiger charge is 2.73. The summed E-state index contributed by atoms with van der Waals surface area (Å²) >= 11 is 0. The number of aliphatic hydroxyl groups excluding tert-OH is 1. The van der Waals surface area contributed by atoms with Gasteiger partial charge in [-0.1, -0.05) is 91.3 Å². The van der Waals surface area contributed by atoms with Crippen LogP contribution in [-0.4, -0.2) is 53.2 Å². The molecular weight excluding hydrogens is 663 g/mol. The van der Waals surface area contributed by atoms with E-state index >= 15 is 0 Å². The summed E-state index contributed by atoms with van der Waals surface area (Å²) in [5, 5.41) is 25.4. The number of carboxylic acid groups (broad SMARTS) is 1. The predicted molar refractivity (Wildman–Crippen MR) is 209 cm³/mol. The molecule has 0 aliphatic heterocycles. The van der Waals surface area contributed by atoms with Crippen LogP contribution in [0, 0.1) is 55.7 Å². The van der Waals surface area contributed by atoms with Gasteiger partial charge in [0, 0.05) is 23.8 Å². The van der Waals surface area contributed by atoms with Crippen LogP contribution in [0.2, 0.25) is 0 Å².